The van der Waals surface area contributed by atoms with Gasteiger partial charge in [0, 0.05) is 6.54 Å². The van der Waals surface area contributed by atoms with Crippen molar-refractivity contribution in [2.45, 2.75) is 51.6 Å². The highest BCUT2D eigenvalue weighted by Crippen LogP contribution is 2.56. The van der Waals surface area contributed by atoms with Gasteiger partial charge in [-0.25, -0.2) is 0 Å². The molecule has 5 rings (SSSR count). The van der Waals surface area contributed by atoms with E-state index in [1.54, 1.807) is 0 Å². The van der Waals surface area contributed by atoms with Gasteiger partial charge in [0.15, 0.2) is 0 Å². The van der Waals surface area contributed by atoms with Gasteiger partial charge in [0.2, 0.25) is 0 Å². The number of hydrogen-bond acceptors (Lipinski definition) is 3. The van der Waals surface area contributed by atoms with Crippen molar-refractivity contribution in [3.8, 4) is 0 Å². The van der Waals surface area contributed by atoms with Crippen LogP contribution >= 0.6 is 0 Å². The van der Waals surface area contributed by atoms with Gasteiger partial charge in [-0.15, -0.1) is 10.2 Å². The van der Waals surface area contributed by atoms with Crippen molar-refractivity contribution in [1.29, 1.82) is 0 Å². The lowest BCUT2D eigenvalue weighted by atomic mass is 9.52. The van der Waals surface area contributed by atoms with Gasteiger partial charge < -0.3 is 10.3 Å². The Balaban J connectivity index is 1.55. The van der Waals surface area contributed by atoms with E-state index in [4.69, 9.17) is 5.73 Å². The van der Waals surface area contributed by atoms with Crippen LogP contribution in [0.2, 0.25) is 0 Å². The van der Waals surface area contributed by atoms with Crippen LogP contribution in [0.3, 0.4) is 0 Å². The molecule has 1 aromatic heterocycles. The van der Waals surface area contributed by atoms with Crippen LogP contribution in [-0.4, -0.2) is 14.8 Å². The number of nitrogens with zero attached hydrogens (tertiary/aromatic N) is 3. The van der Waals surface area contributed by atoms with Gasteiger partial charge in [-0.2, -0.15) is 0 Å². The monoisotopic (exact) mass is 260 g/mol. The van der Waals surface area contributed by atoms with E-state index in [1.807, 2.05) is 13.3 Å². The molecule has 0 aliphatic heterocycles. The van der Waals surface area contributed by atoms with Gasteiger partial charge in [0.05, 0.1) is 6.04 Å². The van der Waals surface area contributed by atoms with E-state index in [0.29, 0.717) is 0 Å². The molecule has 2 N–H and O–H groups in total. The Labute approximate surface area is 114 Å². The molecule has 4 fully saturated rings. The first kappa shape index (κ1) is 11.9. The molecular weight excluding hydrogens is 236 g/mol. The molecule has 0 amide bonds. The smallest absolute Gasteiger partial charge is 0.149 e. The Hall–Kier alpha value is -0.900. The zero-order chi connectivity index (χ0) is 13.0. The number of aromatic nitrogens is 3. The zero-order valence-corrected chi connectivity index (χ0v) is 11.7. The van der Waals surface area contributed by atoms with Crippen LogP contribution in [0, 0.1) is 29.6 Å². The van der Waals surface area contributed by atoms with E-state index >= 15 is 0 Å². The minimum absolute atomic E-state index is 0.0145. The Morgan fingerprint density at radius 2 is 1.84 bits per heavy atom. The van der Waals surface area contributed by atoms with Crippen LogP contribution < -0.4 is 5.73 Å². The molecule has 104 valence electrons. The molecule has 4 bridgehead atoms. The summed E-state index contributed by atoms with van der Waals surface area (Å²) in [6, 6.07) is -0.0145. The van der Waals surface area contributed by atoms with Crippen molar-refractivity contribution in [3.63, 3.8) is 0 Å². The molecule has 0 saturated heterocycles. The van der Waals surface area contributed by atoms with Gasteiger partial charge in [-0.05, 0) is 68.6 Å². The molecule has 1 atom stereocenters. The van der Waals surface area contributed by atoms with Crippen molar-refractivity contribution in [2.24, 2.45) is 35.3 Å². The number of nitrogens with two attached hydrogens (primary N) is 1. The molecule has 19 heavy (non-hydrogen) atoms. The third kappa shape index (κ3) is 1.92. The van der Waals surface area contributed by atoms with E-state index in [2.05, 4.69) is 14.8 Å². The average molecular weight is 260 g/mol. The SMILES string of the molecule is CC(N)c1nncn1CC1C2CC3CC(C2)CC1C3. The van der Waals surface area contributed by atoms with E-state index in [-0.39, 0.29) is 6.04 Å². The molecule has 4 aliphatic rings. The summed E-state index contributed by atoms with van der Waals surface area (Å²) in [5, 5.41) is 8.25. The Bertz CT molecular complexity index is 436. The first-order chi connectivity index (χ1) is 9.20. The van der Waals surface area contributed by atoms with Gasteiger partial charge in [-0.1, -0.05) is 0 Å². The van der Waals surface area contributed by atoms with Crippen LogP contribution in [-0.2, 0) is 6.54 Å². The fourth-order valence-corrected chi connectivity index (χ4v) is 5.32. The molecule has 1 heterocycles. The number of hydrogen-bond donors (Lipinski definition) is 1. The topological polar surface area (TPSA) is 56.7 Å². The predicted octanol–water partition coefficient (Wildman–Crippen LogP) is 2.37. The number of rotatable bonds is 3. The van der Waals surface area contributed by atoms with Crippen molar-refractivity contribution in [3.05, 3.63) is 12.2 Å². The summed E-state index contributed by atoms with van der Waals surface area (Å²) in [4.78, 5) is 0. The third-order valence-electron chi connectivity index (χ3n) is 5.88. The first-order valence-electron chi connectivity index (χ1n) is 7.84. The largest absolute Gasteiger partial charge is 0.322 e. The summed E-state index contributed by atoms with van der Waals surface area (Å²) >= 11 is 0. The van der Waals surface area contributed by atoms with Crippen LogP contribution in [0.5, 0.6) is 0 Å². The Morgan fingerprint density at radius 3 is 2.42 bits per heavy atom. The molecule has 1 unspecified atom stereocenters. The lowest BCUT2D eigenvalue weighted by Gasteiger charge is -2.54. The highest BCUT2D eigenvalue weighted by molar-refractivity contribution is 5.00. The molecule has 0 spiro atoms. The van der Waals surface area contributed by atoms with Crippen LogP contribution in [0.25, 0.3) is 0 Å². The second-order valence-electron chi connectivity index (χ2n) is 7.22. The minimum Gasteiger partial charge on any atom is -0.322 e. The van der Waals surface area contributed by atoms with E-state index < -0.39 is 0 Å². The van der Waals surface area contributed by atoms with Gasteiger partial charge in [-0.3, -0.25) is 0 Å². The van der Waals surface area contributed by atoms with Crippen molar-refractivity contribution < 1.29 is 0 Å². The maximum absolute atomic E-state index is 5.99. The van der Waals surface area contributed by atoms with Gasteiger partial charge >= 0.3 is 0 Å². The molecule has 4 heteroatoms. The summed E-state index contributed by atoms with van der Waals surface area (Å²) in [5.41, 5.74) is 5.99. The summed E-state index contributed by atoms with van der Waals surface area (Å²) in [7, 11) is 0. The van der Waals surface area contributed by atoms with Crippen molar-refractivity contribution >= 4 is 0 Å². The highest BCUT2D eigenvalue weighted by Gasteiger charge is 2.48. The van der Waals surface area contributed by atoms with Crippen LogP contribution in [0.4, 0.5) is 0 Å². The fraction of sp³-hybridized carbons (Fsp3) is 0.867. The normalized spacial score (nSPS) is 41.7. The van der Waals surface area contributed by atoms with E-state index in [1.165, 1.54) is 32.1 Å². The second kappa shape index (κ2) is 4.30. The Morgan fingerprint density at radius 1 is 1.21 bits per heavy atom. The fourth-order valence-electron chi connectivity index (χ4n) is 5.32. The van der Waals surface area contributed by atoms with Crippen molar-refractivity contribution in [1.82, 2.24) is 14.8 Å². The highest BCUT2D eigenvalue weighted by atomic mass is 15.3. The molecule has 4 saturated carbocycles. The predicted molar refractivity (Wildman–Crippen MR) is 73.2 cm³/mol. The summed E-state index contributed by atoms with van der Waals surface area (Å²) < 4.78 is 2.22. The lowest BCUT2D eigenvalue weighted by molar-refractivity contribution is -0.0433. The Kier molecular flexibility index (Phi) is 2.69. The van der Waals surface area contributed by atoms with E-state index in [9.17, 15) is 0 Å². The minimum atomic E-state index is -0.0145. The lowest BCUT2D eigenvalue weighted by Crippen LogP contribution is -2.46. The zero-order valence-electron chi connectivity index (χ0n) is 11.7. The average Bonchev–Trinajstić information content (AvgIpc) is 2.81. The molecule has 0 aromatic carbocycles. The van der Waals surface area contributed by atoms with Crippen LogP contribution in [0.1, 0.15) is 50.9 Å². The standard InChI is InChI=1S/C15H24N4/c1-9(16)15-18-17-8-19(15)7-14-12-3-10-2-11(5-12)6-13(14)4-10/h8-14H,2-7,16H2,1H3. The quantitative estimate of drug-likeness (QED) is 0.907. The molecule has 0 radical (unpaired) electrons. The molecule has 4 nitrogen and oxygen atoms in total. The van der Waals surface area contributed by atoms with Crippen molar-refractivity contribution in [2.75, 3.05) is 0 Å². The van der Waals surface area contributed by atoms with Gasteiger partial charge in [0.1, 0.15) is 12.2 Å². The summed E-state index contributed by atoms with van der Waals surface area (Å²) in [5.74, 6) is 5.81. The maximum Gasteiger partial charge on any atom is 0.149 e. The molecule has 1 aromatic rings. The van der Waals surface area contributed by atoms with Crippen LogP contribution in [0.15, 0.2) is 6.33 Å². The maximum atomic E-state index is 5.99. The second-order valence-corrected chi connectivity index (χ2v) is 7.22. The molecule has 4 aliphatic carbocycles. The van der Waals surface area contributed by atoms with E-state index in [0.717, 1.165) is 42.0 Å². The molecular formula is C15H24N4. The van der Waals surface area contributed by atoms with Gasteiger partial charge in [0.25, 0.3) is 0 Å². The third-order valence-corrected chi connectivity index (χ3v) is 5.88. The summed E-state index contributed by atoms with van der Waals surface area (Å²) in [6.07, 6.45) is 9.32. The first-order valence-corrected chi connectivity index (χ1v) is 7.84. The summed E-state index contributed by atoms with van der Waals surface area (Å²) in [6.45, 7) is 3.09.